The van der Waals surface area contributed by atoms with Crippen molar-refractivity contribution in [1.82, 2.24) is 0 Å². The lowest BCUT2D eigenvalue weighted by Gasteiger charge is -2.51. The first-order valence-electron chi connectivity index (χ1n) is 8.19. The van der Waals surface area contributed by atoms with Crippen molar-refractivity contribution in [3.8, 4) is 0 Å². The molecule has 0 aromatic rings. The third kappa shape index (κ3) is 3.49. The van der Waals surface area contributed by atoms with Crippen LogP contribution in [0.2, 0.25) is 0 Å². The molecule has 10 atom stereocenters. The molecule has 2 fully saturated rings. The summed E-state index contributed by atoms with van der Waals surface area (Å²) in [4.78, 5) is 23.1. The summed E-state index contributed by atoms with van der Waals surface area (Å²) in [6.45, 7) is -2.59. The fraction of sp³-hybridized carbons (Fsp3) is 0.857. The van der Waals surface area contributed by atoms with Crippen molar-refractivity contribution in [1.29, 1.82) is 0 Å². The lowest BCUT2D eigenvalue weighted by Crippen LogP contribution is -2.80. The fourth-order valence-corrected chi connectivity index (χ4v) is 3.23. The highest BCUT2D eigenvalue weighted by Gasteiger charge is 2.73. The van der Waals surface area contributed by atoms with Crippen LogP contribution in [-0.4, -0.2) is 137 Å². The van der Waals surface area contributed by atoms with E-state index in [1.54, 1.807) is 0 Å². The van der Waals surface area contributed by atoms with E-state index in [4.69, 9.17) is 14.2 Å². The van der Waals surface area contributed by atoms with E-state index in [0.29, 0.717) is 0 Å². The zero-order valence-corrected chi connectivity index (χ0v) is 14.5. The summed E-state index contributed by atoms with van der Waals surface area (Å²) in [7, 11) is 0. The van der Waals surface area contributed by atoms with Gasteiger partial charge in [0.25, 0.3) is 0 Å². The Bertz CT molecular complexity index is 626. The minimum atomic E-state index is -3.72. The lowest BCUT2D eigenvalue weighted by molar-refractivity contribution is -0.383. The largest absolute Gasteiger partial charge is 0.479 e. The molecule has 2 aliphatic heterocycles. The van der Waals surface area contributed by atoms with E-state index in [0.717, 1.165) is 0 Å². The number of aliphatic hydroxyl groups excluding tert-OH is 7. The Morgan fingerprint density at radius 3 is 1.97 bits per heavy atom. The molecule has 0 bridgehead atoms. The molecule has 0 amide bonds. The molecule has 2 aliphatic rings. The van der Waals surface area contributed by atoms with Gasteiger partial charge >= 0.3 is 11.9 Å². The molecular formula is C14H22O15. The first kappa shape index (κ1) is 23.8. The monoisotopic (exact) mass is 430 g/mol. The number of hydrogen-bond acceptors (Lipinski definition) is 13. The van der Waals surface area contributed by atoms with E-state index in [9.17, 15) is 60.7 Å². The second-order valence-electron chi connectivity index (χ2n) is 6.61. The minimum absolute atomic E-state index is 0.903. The summed E-state index contributed by atoms with van der Waals surface area (Å²) in [5, 5.41) is 97.1. The third-order valence-electron chi connectivity index (χ3n) is 4.99. The molecule has 0 aromatic carbocycles. The van der Waals surface area contributed by atoms with Crippen molar-refractivity contribution in [3.05, 3.63) is 0 Å². The molecular weight excluding hydrogens is 408 g/mol. The van der Waals surface area contributed by atoms with Crippen molar-refractivity contribution >= 4 is 11.9 Å². The standard InChI is InChI=1S/C14H22O15/c15-1-3-7(4(17)5(18)9(21)27-3)28-10-6(19)8(20)14(26,12(24)25)13(2-16,29-10)11(22)23/h3-10,15-21,26H,1-2H2,(H,22,23)(H,24,25)/t3-,4-,5-,6-,7-,8+,9-,10+,13+,14+/m1/s1. The van der Waals surface area contributed by atoms with Gasteiger partial charge in [-0.15, -0.1) is 0 Å². The average Bonchev–Trinajstić information content (AvgIpc) is 2.67. The number of carbonyl (C=O) groups is 2. The fourth-order valence-electron chi connectivity index (χ4n) is 3.23. The van der Waals surface area contributed by atoms with Crippen molar-refractivity contribution in [2.24, 2.45) is 0 Å². The number of aliphatic carboxylic acids is 2. The summed E-state index contributed by atoms with van der Waals surface area (Å²) < 4.78 is 14.8. The maximum atomic E-state index is 11.7. The van der Waals surface area contributed by atoms with Crippen LogP contribution in [0.5, 0.6) is 0 Å². The highest BCUT2D eigenvalue weighted by Crippen LogP contribution is 2.40. The zero-order chi connectivity index (χ0) is 22.3. The Kier molecular flexibility index (Phi) is 6.82. The number of carboxylic acids is 2. The molecule has 15 heteroatoms. The summed E-state index contributed by atoms with van der Waals surface area (Å²) >= 11 is 0. The van der Waals surface area contributed by atoms with Gasteiger partial charge in [0.05, 0.1) is 13.2 Å². The molecule has 29 heavy (non-hydrogen) atoms. The van der Waals surface area contributed by atoms with Crippen molar-refractivity contribution in [2.45, 2.75) is 60.4 Å². The van der Waals surface area contributed by atoms with E-state index in [-0.39, 0.29) is 0 Å². The van der Waals surface area contributed by atoms with Crippen LogP contribution in [0.1, 0.15) is 0 Å². The SMILES string of the molecule is O=C(O)[C@]1(CO)O[C@H](O[C@H]2[C@H](O)[C@@H](O)[C@H](O)O[C@@H]2CO)[C@H](O)[C@H](O)[C@]1(O)C(=O)O. The Morgan fingerprint density at radius 2 is 1.52 bits per heavy atom. The van der Waals surface area contributed by atoms with Gasteiger partial charge in [-0.2, -0.15) is 0 Å². The molecule has 2 heterocycles. The molecule has 0 spiro atoms. The topological polar surface area (TPSA) is 264 Å². The Balaban J connectivity index is 2.42. The van der Waals surface area contributed by atoms with Gasteiger partial charge in [-0.05, 0) is 0 Å². The van der Waals surface area contributed by atoms with Gasteiger partial charge in [0, 0.05) is 0 Å². The number of ether oxygens (including phenoxy) is 3. The van der Waals surface area contributed by atoms with E-state index in [1.165, 1.54) is 0 Å². The van der Waals surface area contributed by atoms with Gasteiger partial charge in [-0.25, -0.2) is 9.59 Å². The van der Waals surface area contributed by atoms with E-state index in [1.807, 2.05) is 0 Å². The summed E-state index contributed by atoms with van der Waals surface area (Å²) in [6.07, 6.45) is -16.7. The van der Waals surface area contributed by atoms with Crippen molar-refractivity contribution in [3.63, 3.8) is 0 Å². The van der Waals surface area contributed by atoms with Crippen molar-refractivity contribution in [2.75, 3.05) is 13.2 Å². The normalized spacial score (nSPS) is 48.3. The van der Waals surface area contributed by atoms with E-state index < -0.39 is 85.6 Å². The second kappa shape index (κ2) is 8.32. The van der Waals surface area contributed by atoms with Crippen LogP contribution in [0.3, 0.4) is 0 Å². The van der Waals surface area contributed by atoms with Crippen LogP contribution < -0.4 is 0 Å². The average molecular weight is 430 g/mol. The highest BCUT2D eigenvalue weighted by atomic mass is 16.7. The zero-order valence-electron chi connectivity index (χ0n) is 14.5. The Labute approximate surface area is 161 Å². The number of hydrogen-bond donors (Lipinski definition) is 10. The molecule has 0 unspecified atom stereocenters. The summed E-state index contributed by atoms with van der Waals surface area (Å²) in [5.74, 6) is -4.58. The number of carboxylic acid groups (broad SMARTS) is 2. The molecule has 2 saturated heterocycles. The molecule has 10 N–H and O–H groups in total. The maximum Gasteiger partial charge on any atom is 0.342 e. The van der Waals surface area contributed by atoms with Gasteiger partial charge in [-0.3, -0.25) is 0 Å². The number of rotatable bonds is 6. The minimum Gasteiger partial charge on any atom is -0.479 e. The van der Waals surface area contributed by atoms with Gasteiger partial charge in [0.15, 0.2) is 12.6 Å². The van der Waals surface area contributed by atoms with Crippen molar-refractivity contribution < 1.29 is 74.9 Å². The molecule has 2 rings (SSSR count). The Morgan fingerprint density at radius 1 is 0.931 bits per heavy atom. The quantitative estimate of drug-likeness (QED) is 0.188. The summed E-state index contributed by atoms with van der Waals surface area (Å²) in [5.41, 5.74) is -7.14. The smallest absolute Gasteiger partial charge is 0.342 e. The van der Waals surface area contributed by atoms with Gasteiger partial charge in [0.2, 0.25) is 11.2 Å². The molecule has 0 radical (unpaired) electrons. The first-order chi connectivity index (χ1) is 13.4. The van der Waals surface area contributed by atoms with Gasteiger partial charge in [0.1, 0.15) is 36.6 Å². The second-order valence-corrected chi connectivity index (χ2v) is 6.61. The molecule has 15 nitrogen and oxygen atoms in total. The van der Waals surface area contributed by atoms with Crippen LogP contribution >= 0.6 is 0 Å². The lowest BCUT2D eigenvalue weighted by atomic mass is 9.74. The molecule has 0 saturated carbocycles. The molecule has 168 valence electrons. The van der Waals surface area contributed by atoms with Crippen LogP contribution in [0.4, 0.5) is 0 Å². The molecule has 0 aliphatic carbocycles. The highest BCUT2D eigenvalue weighted by molar-refractivity contribution is 5.92. The third-order valence-corrected chi connectivity index (χ3v) is 4.99. The van der Waals surface area contributed by atoms with E-state index in [2.05, 4.69) is 0 Å². The number of aliphatic hydroxyl groups is 8. The van der Waals surface area contributed by atoms with E-state index >= 15 is 0 Å². The van der Waals surface area contributed by atoms with Gasteiger partial charge < -0.3 is 65.3 Å². The predicted octanol–water partition coefficient (Wildman–Crippen LogP) is -6.49. The van der Waals surface area contributed by atoms with Crippen LogP contribution in [0, 0.1) is 0 Å². The van der Waals surface area contributed by atoms with Crippen LogP contribution in [0.15, 0.2) is 0 Å². The predicted molar refractivity (Wildman–Crippen MR) is 81.8 cm³/mol. The van der Waals surface area contributed by atoms with Gasteiger partial charge in [-0.1, -0.05) is 0 Å². The van der Waals surface area contributed by atoms with Crippen LogP contribution in [0.25, 0.3) is 0 Å². The van der Waals surface area contributed by atoms with Crippen LogP contribution in [-0.2, 0) is 23.8 Å². The Hall–Kier alpha value is -1.50. The first-order valence-corrected chi connectivity index (χ1v) is 8.19. The maximum absolute atomic E-state index is 11.7. The molecule has 0 aromatic heterocycles. The summed E-state index contributed by atoms with van der Waals surface area (Å²) in [6, 6.07) is 0.